The predicted molar refractivity (Wildman–Crippen MR) is 104 cm³/mol. The van der Waals surface area contributed by atoms with Gasteiger partial charge in [0.2, 0.25) is 0 Å². The third-order valence-electron chi connectivity index (χ3n) is 4.31. The first-order valence-electron chi connectivity index (χ1n) is 9.20. The summed E-state index contributed by atoms with van der Waals surface area (Å²) in [6.45, 7) is 4.20. The lowest BCUT2D eigenvalue weighted by Crippen LogP contribution is -2.41. The minimum absolute atomic E-state index is 0.104. The van der Waals surface area contributed by atoms with Gasteiger partial charge in [-0.25, -0.2) is 13.6 Å². The van der Waals surface area contributed by atoms with Gasteiger partial charge in [0.15, 0.2) is 5.69 Å². The average Bonchev–Trinajstić information content (AvgIpc) is 2.62. The van der Waals surface area contributed by atoms with Crippen molar-refractivity contribution in [2.75, 3.05) is 17.2 Å². The summed E-state index contributed by atoms with van der Waals surface area (Å²) in [5.41, 5.74) is 4.14. The van der Waals surface area contributed by atoms with Crippen molar-refractivity contribution in [1.82, 2.24) is 9.55 Å². The zero-order valence-electron chi connectivity index (χ0n) is 15.9. The fraction of sp³-hybridized carbons (Fsp3) is 0.421. The van der Waals surface area contributed by atoms with Gasteiger partial charge in [0.05, 0.1) is 0 Å². The van der Waals surface area contributed by atoms with Gasteiger partial charge in [-0.3, -0.25) is 19.1 Å². The third kappa shape index (κ3) is 4.65. The molecule has 1 amide bonds. The Kier molecular flexibility index (Phi) is 7.08. The standard InChI is InChI=1S/C19H24F2N4O3/c1-3-5-7-24(18(27)12-9-13(20)11-14(21)10-12)15-16(22)25(8-6-4-2)19(28)23-17(15)26/h9-11H,3-8,22H2,1-2H3,(H,23,26,28). The van der Waals surface area contributed by atoms with Crippen molar-refractivity contribution in [1.29, 1.82) is 0 Å². The molecular weight excluding hydrogens is 370 g/mol. The molecule has 1 heterocycles. The molecule has 28 heavy (non-hydrogen) atoms. The monoisotopic (exact) mass is 394 g/mol. The van der Waals surface area contributed by atoms with E-state index in [1.165, 1.54) is 4.57 Å². The number of nitrogens with zero attached hydrogens (tertiary/aromatic N) is 2. The van der Waals surface area contributed by atoms with Crippen LogP contribution in [0.1, 0.15) is 49.9 Å². The lowest BCUT2D eigenvalue weighted by atomic mass is 10.1. The predicted octanol–water partition coefficient (Wildman–Crippen LogP) is 2.64. The van der Waals surface area contributed by atoms with Crippen LogP contribution in [0.4, 0.5) is 20.3 Å². The number of aromatic nitrogens is 2. The van der Waals surface area contributed by atoms with E-state index in [-0.39, 0.29) is 30.2 Å². The summed E-state index contributed by atoms with van der Waals surface area (Å²) in [6.07, 6.45) is 2.67. The van der Waals surface area contributed by atoms with E-state index in [1.54, 1.807) is 0 Å². The lowest BCUT2D eigenvalue weighted by molar-refractivity contribution is 0.0985. The maximum Gasteiger partial charge on any atom is 0.330 e. The summed E-state index contributed by atoms with van der Waals surface area (Å²) in [5.74, 6) is -2.74. The van der Waals surface area contributed by atoms with Crippen molar-refractivity contribution in [3.63, 3.8) is 0 Å². The highest BCUT2D eigenvalue weighted by atomic mass is 19.1. The molecule has 2 rings (SSSR count). The molecule has 3 N–H and O–H groups in total. The minimum atomic E-state index is -0.909. The van der Waals surface area contributed by atoms with Crippen molar-refractivity contribution in [2.24, 2.45) is 0 Å². The lowest BCUT2D eigenvalue weighted by Gasteiger charge is -2.24. The van der Waals surface area contributed by atoms with Crippen LogP contribution in [0.5, 0.6) is 0 Å². The number of H-pyrrole nitrogens is 1. The third-order valence-corrected chi connectivity index (χ3v) is 4.31. The Morgan fingerprint density at radius 1 is 1.11 bits per heavy atom. The van der Waals surface area contributed by atoms with Gasteiger partial charge in [0, 0.05) is 24.7 Å². The second-order valence-electron chi connectivity index (χ2n) is 6.47. The van der Waals surface area contributed by atoms with E-state index in [0.717, 1.165) is 23.5 Å². The van der Waals surface area contributed by atoms with Gasteiger partial charge in [-0.2, -0.15) is 0 Å². The summed E-state index contributed by atoms with van der Waals surface area (Å²) in [6, 6.07) is 2.43. The molecule has 0 aliphatic heterocycles. The zero-order chi connectivity index (χ0) is 20.8. The quantitative estimate of drug-likeness (QED) is 0.719. The Labute approximate surface area is 160 Å². The van der Waals surface area contributed by atoms with Crippen LogP contribution >= 0.6 is 0 Å². The van der Waals surface area contributed by atoms with Crippen molar-refractivity contribution < 1.29 is 13.6 Å². The largest absolute Gasteiger partial charge is 0.383 e. The minimum Gasteiger partial charge on any atom is -0.383 e. The fourth-order valence-corrected chi connectivity index (χ4v) is 2.84. The number of hydrogen-bond acceptors (Lipinski definition) is 4. The van der Waals surface area contributed by atoms with Crippen molar-refractivity contribution in [2.45, 2.75) is 46.1 Å². The van der Waals surface area contributed by atoms with Crippen LogP contribution < -0.4 is 21.9 Å². The number of halogens is 2. The summed E-state index contributed by atoms with van der Waals surface area (Å²) in [4.78, 5) is 40.8. The molecule has 0 spiro atoms. The molecule has 0 atom stereocenters. The molecule has 1 aromatic heterocycles. The van der Waals surface area contributed by atoms with Gasteiger partial charge in [-0.1, -0.05) is 26.7 Å². The number of nitrogen functional groups attached to an aromatic ring is 1. The first-order chi connectivity index (χ1) is 13.3. The van der Waals surface area contributed by atoms with Crippen LogP contribution in [0.25, 0.3) is 0 Å². The average molecular weight is 394 g/mol. The van der Waals surface area contributed by atoms with E-state index in [2.05, 4.69) is 4.98 Å². The fourth-order valence-electron chi connectivity index (χ4n) is 2.84. The molecular formula is C19H24F2N4O3. The summed E-state index contributed by atoms with van der Waals surface area (Å²) in [5, 5.41) is 0. The number of unbranched alkanes of at least 4 members (excludes halogenated alkanes) is 2. The van der Waals surface area contributed by atoms with Crippen molar-refractivity contribution >= 4 is 17.4 Å². The van der Waals surface area contributed by atoms with E-state index in [4.69, 9.17) is 5.73 Å². The molecule has 7 nitrogen and oxygen atoms in total. The Morgan fingerprint density at radius 3 is 2.29 bits per heavy atom. The number of nitrogens with one attached hydrogen (secondary N) is 1. The number of amides is 1. The summed E-state index contributed by atoms with van der Waals surface area (Å²) in [7, 11) is 0. The van der Waals surface area contributed by atoms with E-state index in [0.29, 0.717) is 25.3 Å². The number of rotatable bonds is 8. The molecule has 2 aromatic rings. The molecule has 0 unspecified atom stereocenters. The van der Waals surface area contributed by atoms with Gasteiger partial charge >= 0.3 is 5.69 Å². The molecule has 0 fully saturated rings. The zero-order valence-corrected chi connectivity index (χ0v) is 15.9. The maximum atomic E-state index is 13.6. The van der Waals surface area contributed by atoms with Crippen LogP contribution in [0.15, 0.2) is 27.8 Å². The smallest absolute Gasteiger partial charge is 0.330 e. The molecule has 0 aliphatic carbocycles. The van der Waals surface area contributed by atoms with E-state index >= 15 is 0 Å². The highest BCUT2D eigenvalue weighted by Gasteiger charge is 2.25. The highest BCUT2D eigenvalue weighted by Crippen LogP contribution is 2.21. The Morgan fingerprint density at radius 2 is 1.71 bits per heavy atom. The molecule has 9 heteroatoms. The summed E-state index contributed by atoms with van der Waals surface area (Å²) < 4.78 is 28.3. The number of nitrogens with two attached hydrogens (primary N) is 1. The molecule has 0 saturated heterocycles. The normalized spacial score (nSPS) is 10.9. The molecule has 0 bridgehead atoms. The van der Waals surface area contributed by atoms with Gasteiger partial charge in [-0.05, 0) is 25.0 Å². The van der Waals surface area contributed by atoms with Crippen LogP contribution in [0.2, 0.25) is 0 Å². The first-order valence-corrected chi connectivity index (χ1v) is 9.20. The number of hydrogen-bond donors (Lipinski definition) is 2. The number of carbonyl (C=O) groups excluding carboxylic acids is 1. The van der Waals surface area contributed by atoms with Crippen molar-refractivity contribution in [3.05, 3.63) is 56.2 Å². The number of carbonyl (C=O) groups is 1. The van der Waals surface area contributed by atoms with Crippen LogP contribution in [-0.2, 0) is 6.54 Å². The van der Waals surface area contributed by atoms with E-state index in [9.17, 15) is 23.2 Å². The second-order valence-corrected chi connectivity index (χ2v) is 6.47. The SMILES string of the molecule is CCCCN(C(=O)c1cc(F)cc(F)c1)c1c(N)n(CCCC)c(=O)[nH]c1=O. The molecule has 1 aromatic carbocycles. The molecule has 0 saturated carbocycles. The van der Waals surface area contributed by atoms with Gasteiger partial charge in [0.1, 0.15) is 17.5 Å². The maximum absolute atomic E-state index is 13.6. The number of benzene rings is 1. The number of aromatic amines is 1. The first kappa shape index (κ1) is 21.3. The van der Waals surface area contributed by atoms with Crippen LogP contribution in [0, 0.1) is 11.6 Å². The van der Waals surface area contributed by atoms with Gasteiger partial charge < -0.3 is 10.6 Å². The van der Waals surface area contributed by atoms with Gasteiger partial charge in [0.25, 0.3) is 11.5 Å². The number of anilines is 2. The summed E-state index contributed by atoms with van der Waals surface area (Å²) >= 11 is 0. The topological polar surface area (TPSA) is 101 Å². The Balaban J connectivity index is 2.60. The molecule has 0 radical (unpaired) electrons. The molecule has 152 valence electrons. The Bertz CT molecular complexity index is 948. The Hall–Kier alpha value is -2.97. The van der Waals surface area contributed by atoms with Crippen molar-refractivity contribution in [3.8, 4) is 0 Å². The van der Waals surface area contributed by atoms with Crippen LogP contribution in [0.3, 0.4) is 0 Å². The molecule has 0 aliphatic rings. The van der Waals surface area contributed by atoms with E-state index in [1.807, 2.05) is 13.8 Å². The highest BCUT2D eigenvalue weighted by molar-refractivity contribution is 6.07. The second kappa shape index (κ2) is 9.29. The van der Waals surface area contributed by atoms with E-state index < -0.39 is 28.8 Å². The van der Waals surface area contributed by atoms with Gasteiger partial charge in [-0.15, -0.1) is 0 Å². The van der Waals surface area contributed by atoms with Crippen LogP contribution in [-0.4, -0.2) is 22.0 Å².